The molecule has 200 valence electrons. The lowest BCUT2D eigenvalue weighted by Gasteiger charge is -2.33. The maximum absolute atomic E-state index is 12.8. The average molecular weight is 635 g/mol. The van der Waals surface area contributed by atoms with E-state index in [0.717, 1.165) is 33.8 Å². The number of nitrogens with zero attached hydrogens (tertiary/aromatic N) is 4. The van der Waals surface area contributed by atoms with Crippen molar-refractivity contribution < 1.29 is 42.9 Å². The van der Waals surface area contributed by atoms with Gasteiger partial charge in [-0.15, -0.1) is 0 Å². The number of aromatic nitrogens is 1. The van der Waals surface area contributed by atoms with E-state index in [0.29, 0.717) is 26.2 Å². The molecule has 8 heteroatoms. The third kappa shape index (κ3) is 4.50. The highest BCUT2D eigenvalue weighted by Crippen LogP contribution is 2.48. The molecule has 0 radical (unpaired) electrons. The van der Waals surface area contributed by atoms with E-state index in [9.17, 15) is 9.59 Å². The van der Waals surface area contributed by atoms with Crippen molar-refractivity contribution in [2.24, 2.45) is 7.05 Å². The Balaban J connectivity index is 0.00000308. The van der Waals surface area contributed by atoms with Gasteiger partial charge in [0.05, 0.1) is 34.8 Å². The SMILES string of the molecule is COc1cc2c3c([n+](C)c4ccccc4c3c1)-c1ccc(/C=C/C(=O)N3CCN(C(C)=O)CC3)cc1N2C.[I-]. The fourth-order valence-corrected chi connectivity index (χ4v) is 5.82. The zero-order valence-electron chi connectivity index (χ0n) is 22.6. The molecule has 7 nitrogen and oxygen atoms in total. The zero-order valence-corrected chi connectivity index (χ0v) is 24.7. The van der Waals surface area contributed by atoms with Gasteiger partial charge < -0.3 is 43.4 Å². The molecule has 0 saturated carbocycles. The number of methoxy groups -OCH3 is 1. The number of pyridine rings is 1. The topological polar surface area (TPSA) is 57.0 Å². The highest BCUT2D eigenvalue weighted by molar-refractivity contribution is 6.18. The second-order valence-corrected chi connectivity index (χ2v) is 9.99. The molecule has 0 aliphatic carbocycles. The van der Waals surface area contributed by atoms with Crippen LogP contribution in [0.1, 0.15) is 12.5 Å². The maximum atomic E-state index is 12.8. The zero-order chi connectivity index (χ0) is 26.6. The van der Waals surface area contributed by atoms with Crippen LogP contribution in [0.5, 0.6) is 5.75 Å². The first-order valence-electron chi connectivity index (χ1n) is 12.9. The van der Waals surface area contributed by atoms with E-state index < -0.39 is 0 Å². The van der Waals surface area contributed by atoms with Crippen LogP contribution in [0.2, 0.25) is 0 Å². The van der Waals surface area contributed by atoms with Crippen molar-refractivity contribution in [3.63, 3.8) is 0 Å². The third-order valence-corrected chi connectivity index (χ3v) is 7.91. The predicted octanol–water partition coefficient (Wildman–Crippen LogP) is 1.28. The van der Waals surface area contributed by atoms with E-state index in [1.165, 1.54) is 21.9 Å². The molecule has 39 heavy (non-hydrogen) atoms. The van der Waals surface area contributed by atoms with E-state index in [2.05, 4.69) is 78.2 Å². The number of hydrogen-bond acceptors (Lipinski definition) is 4. The summed E-state index contributed by atoms with van der Waals surface area (Å²) in [5.74, 6) is 0.846. The van der Waals surface area contributed by atoms with Gasteiger partial charge in [0.15, 0.2) is 0 Å². The molecule has 0 N–H and O–H groups in total. The van der Waals surface area contributed by atoms with Gasteiger partial charge in [0, 0.05) is 63.7 Å². The number of carbonyl (C=O) groups excluding carboxylic acids is 2. The first-order chi connectivity index (χ1) is 18.4. The molecule has 0 bridgehead atoms. The summed E-state index contributed by atoms with van der Waals surface area (Å²) in [4.78, 5) is 30.2. The molecule has 1 saturated heterocycles. The fraction of sp³-hybridized carbons (Fsp3) is 0.258. The van der Waals surface area contributed by atoms with Crippen LogP contribution in [-0.4, -0.2) is 62.0 Å². The van der Waals surface area contributed by atoms with Crippen LogP contribution in [0.4, 0.5) is 11.4 Å². The summed E-state index contributed by atoms with van der Waals surface area (Å²) >= 11 is 0. The maximum Gasteiger partial charge on any atom is 0.246 e. The molecule has 0 unspecified atom stereocenters. The molecule has 1 aromatic heterocycles. The van der Waals surface area contributed by atoms with Gasteiger partial charge in [-0.2, -0.15) is 4.57 Å². The lowest BCUT2D eigenvalue weighted by molar-refractivity contribution is -0.632. The number of piperazine rings is 1. The number of aryl methyl sites for hydroxylation is 1. The van der Waals surface area contributed by atoms with Crippen molar-refractivity contribution >= 4 is 50.9 Å². The van der Waals surface area contributed by atoms with Gasteiger partial charge in [0.25, 0.3) is 0 Å². The van der Waals surface area contributed by atoms with Crippen LogP contribution in [0.25, 0.3) is 39.0 Å². The summed E-state index contributed by atoms with van der Waals surface area (Å²) in [5, 5.41) is 3.55. The Hall–Kier alpha value is -3.66. The van der Waals surface area contributed by atoms with Gasteiger partial charge in [0.2, 0.25) is 23.0 Å². The van der Waals surface area contributed by atoms with Gasteiger partial charge in [-0.1, -0.05) is 18.2 Å². The number of benzene rings is 3. The second-order valence-electron chi connectivity index (χ2n) is 9.99. The Bertz CT molecular complexity index is 1660. The molecule has 6 rings (SSSR count). The summed E-state index contributed by atoms with van der Waals surface area (Å²) in [6.45, 7) is 3.85. The van der Waals surface area contributed by atoms with Crippen LogP contribution in [0, 0.1) is 0 Å². The highest BCUT2D eigenvalue weighted by Gasteiger charge is 2.32. The largest absolute Gasteiger partial charge is 1.00 e. The van der Waals surface area contributed by atoms with Crippen LogP contribution < -0.4 is 38.2 Å². The number of carbonyl (C=O) groups is 2. The Kier molecular flexibility index (Phi) is 7.24. The van der Waals surface area contributed by atoms with Crippen LogP contribution >= 0.6 is 0 Å². The third-order valence-electron chi connectivity index (χ3n) is 7.91. The Morgan fingerprint density at radius 1 is 0.923 bits per heavy atom. The second kappa shape index (κ2) is 10.5. The van der Waals surface area contributed by atoms with Crippen LogP contribution in [0.15, 0.2) is 60.7 Å². The lowest BCUT2D eigenvalue weighted by Crippen LogP contribution is -3.00. The number of amides is 2. The number of anilines is 2. The Morgan fingerprint density at radius 2 is 1.64 bits per heavy atom. The molecule has 2 aliphatic heterocycles. The molecule has 3 aromatic carbocycles. The van der Waals surface area contributed by atoms with Crippen molar-refractivity contribution in [2.75, 3.05) is 45.2 Å². The van der Waals surface area contributed by atoms with E-state index in [-0.39, 0.29) is 35.8 Å². The minimum absolute atomic E-state index is 0. The molecule has 2 aliphatic rings. The minimum atomic E-state index is -0.0306. The van der Waals surface area contributed by atoms with Gasteiger partial charge in [0.1, 0.15) is 12.8 Å². The van der Waals surface area contributed by atoms with Crippen molar-refractivity contribution in [1.29, 1.82) is 0 Å². The number of ether oxygens (including phenoxy) is 1. The molecular formula is C31H31IN4O3. The summed E-state index contributed by atoms with van der Waals surface area (Å²) in [6.07, 6.45) is 3.52. The quantitative estimate of drug-likeness (QED) is 0.148. The predicted molar refractivity (Wildman–Crippen MR) is 151 cm³/mol. The summed E-state index contributed by atoms with van der Waals surface area (Å²) in [5.41, 5.74) is 6.58. The van der Waals surface area contributed by atoms with Crippen LogP contribution in [0.3, 0.4) is 0 Å². The lowest BCUT2D eigenvalue weighted by atomic mass is 9.92. The molecule has 3 heterocycles. The first kappa shape index (κ1) is 26.9. The Morgan fingerprint density at radius 3 is 2.36 bits per heavy atom. The van der Waals surface area contributed by atoms with E-state index >= 15 is 0 Å². The van der Waals surface area contributed by atoms with E-state index in [1.807, 2.05) is 6.08 Å². The summed E-state index contributed by atoms with van der Waals surface area (Å²) < 4.78 is 7.98. The normalized spacial score (nSPS) is 14.5. The molecule has 0 atom stereocenters. The average Bonchev–Trinajstić information content (AvgIpc) is 2.95. The van der Waals surface area contributed by atoms with Crippen molar-refractivity contribution in [3.8, 4) is 17.0 Å². The number of fused-ring (bicyclic) bond motifs is 4. The highest BCUT2D eigenvalue weighted by atomic mass is 127. The van der Waals surface area contributed by atoms with Gasteiger partial charge >= 0.3 is 0 Å². The molecule has 2 amide bonds. The molecule has 1 fully saturated rings. The Labute approximate surface area is 245 Å². The summed E-state index contributed by atoms with van der Waals surface area (Å²) in [7, 11) is 5.91. The van der Waals surface area contributed by atoms with Gasteiger partial charge in [-0.05, 0) is 35.9 Å². The van der Waals surface area contributed by atoms with E-state index in [4.69, 9.17) is 4.74 Å². The smallest absolute Gasteiger partial charge is 0.246 e. The van der Waals surface area contributed by atoms with Crippen molar-refractivity contribution in [3.05, 3.63) is 66.2 Å². The fourth-order valence-electron chi connectivity index (χ4n) is 5.82. The monoisotopic (exact) mass is 634 g/mol. The number of para-hydroxylation sites is 1. The number of halogens is 1. The summed E-state index contributed by atoms with van der Waals surface area (Å²) in [6, 6.07) is 19.0. The standard InChI is InChI=1S/C31H31N4O3.HI/c1-20(36)34-13-15-35(16-14-34)29(37)12-10-21-9-11-24-27(17-21)32(2)28-19-22(38-4)18-25-23-7-5-6-8-26(23)33(3)31(24)30(25)28;/h5-12,17-19H,13-16H2,1-4H3;1H/q+1;/p-1/b12-10+;. The van der Waals surface area contributed by atoms with Crippen LogP contribution in [-0.2, 0) is 16.6 Å². The minimum Gasteiger partial charge on any atom is -1.00 e. The van der Waals surface area contributed by atoms with Gasteiger partial charge in [-0.3, -0.25) is 9.59 Å². The first-order valence-corrected chi connectivity index (χ1v) is 12.9. The van der Waals surface area contributed by atoms with Crippen molar-refractivity contribution in [1.82, 2.24) is 9.80 Å². The molecule has 4 aromatic rings. The number of rotatable bonds is 3. The van der Waals surface area contributed by atoms with Crippen molar-refractivity contribution in [2.45, 2.75) is 6.92 Å². The number of hydrogen-bond donors (Lipinski definition) is 0. The van der Waals surface area contributed by atoms with Gasteiger partial charge in [-0.25, -0.2) is 0 Å². The molecular weight excluding hydrogens is 603 g/mol. The van der Waals surface area contributed by atoms with E-state index in [1.54, 1.807) is 29.9 Å². The molecule has 0 spiro atoms.